The van der Waals surface area contributed by atoms with Gasteiger partial charge < -0.3 is 33.8 Å². The summed E-state index contributed by atoms with van der Waals surface area (Å²) in [5.74, 6) is -1.32. The molecule has 0 saturated carbocycles. The van der Waals surface area contributed by atoms with Crippen LogP contribution in [0.1, 0.15) is 446 Å². The predicted octanol–water partition coefficient (Wildman–Crippen LogP) is 25.2. The van der Waals surface area contributed by atoms with Crippen molar-refractivity contribution in [3.05, 3.63) is 0 Å². The lowest BCUT2D eigenvalue weighted by Crippen LogP contribution is -2.30. The first-order valence-electron chi connectivity index (χ1n) is 43.1. The number of ether oxygens (including phenoxy) is 4. The van der Waals surface area contributed by atoms with Crippen LogP contribution in [0, 0.1) is 5.92 Å². The molecule has 0 rings (SSSR count). The fraction of sp³-hybridized carbons (Fsp3) is 0.952. The summed E-state index contributed by atoms with van der Waals surface area (Å²) >= 11 is 0. The number of carbonyl (C=O) groups is 4. The molecule has 0 bridgehead atoms. The van der Waals surface area contributed by atoms with Crippen molar-refractivity contribution in [2.75, 3.05) is 39.6 Å². The van der Waals surface area contributed by atoms with Gasteiger partial charge in [-0.25, -0.2) is 9.13 Å². The van der Waals surface area contributed by atoms with Crippen LogP contribution in [0.2, 0.25) is 0 Å². The highest BCUT2D eigenvalue weighted by molar-refractivity contribution is 7.47. The van der Waals surface area contributed by atoms with Crippen LogP contribution in [0.15, 0.2) is 0 Å². The Balaban J connectivity index is 5.23. The summed E-state index contributed by atoms with van der Waals surface area (Å²) in [7, 11) is -9.92. The molecule has 0 amide bonds. The van der Waals surface area contributed by atoms with Gasteiger partial charge in [-0.3, -0.25) is 37.3 Å². The number of esters is 4. The fourth-order valence-electron chi connectivity index (χ4n) is 12.9. The topological polar surface area (TPSA) is 237 Å². The van der Waals surface area contributed by atoms with Crippen LogP contribution in [-0.2, 0) is 65.4 Å². The zero-order valence-corrected chi connectivity index (χ0v) is 68.5. The maximum Gasteiger partial charge on any atom is 0.472 e. The van der Waals surface area contributed by atoms with Crippen molar-refractivity contribution in [2.24, 2.45) is 5.92 Å². The van der Waals surface area contributed by atoms with Crippen molar-refractivity contribution in [1.82, 2.24) is 0 Å². The highest BCUT2D eigenvalue weighted by Gasteiger charge is 2.30. The van der Waals surface area contributed by atoms with Gasteiger partial charge in [-0.1, -0.05) is 394 Å². The lowest BCUT2D eigenvalue weighted by molar-refractivity contribution is -0.161. The molecular weight excluding hydrogens is 1330 g/mol. The Kier molecular flexibility index (Phi) is 74.4. The summed E-state index contributed by atoms with van der Waals surface area (Å²) in [5.41, 5.74) is 0. The zero-order valence-electron chi connectivity index (χ0n) is 66.8. The molecule has 0 aliphatic heterocycles. The van der Waals surface area contributed by atoms with Crippen LogP contribution in [0.5, 0.6) is 0 Å². The normalized spacial score (nSPS) is 13.8. The molecule has 0 aromatic carbocycles. The second-order valence-corrected chi connectivity index (χ2v) is 33.3. The number of unbranched alkanes of at least 4 members (excludes halogenated alkanes) is 55. The van der Waals surface area contributed by atoms with E-state index in [0.717, 1.165) is 95.8 Å². The summed E-state index contributed by atoms with van der Waals surface area (Å²) < 4.78 is 68.8. The predicted molar refractivity (Wildman–Crippen MR) is 418 cm³/mol. The molecule has 19 heteroatoms. The molecule has 5 atom stereocenters. The van der Waals surface area contributed by atoms with Gasteiger partial charge in [-0.05, 0) is 31.6 Å². The van der Waals surface area contributed by atoms with Crippen LogP contribution in [0.3, 0.4) is 0 Å². The summed E-state index contributed by atoms with van der Waals surface area (Å²) in [6.07, 6.45) is 67.9. The highest BCUT2D eigenvalue weighted by atomic mass is 31.2. The number of phosphoric acid groups is 2. The van der Waals surface area contributed by atoms with Gasteiger partial charge in [-0.2, -0.15) is 0 Å². The average molecular weight is 1490 g/mol. The fourth-order valence-corrected chi connectivity index (χ4v) is 14.5. The SMILES string of the molecule is CCCCCCCCCCCCCCCCCCCCCCCC(=O)O[C@H](COC(=O)CCCCCCCCCCCCCCC(C)C)COP(=O)(O)OC[C@@H](O)COP(=O)(O)OC[C@@H](COC(=O)CCCCCCCCCCCCCC)OC(=O)CCCCCCCCCCCCCCCC. The third kappa shape index (κ3) is 76.3. The number of rotatable bonds is 83. The van der Waals surface area contributed by atoms with Crippen LogP contribution in [-0.4, -0.2) is 96.7 Å². The quantitative estimate of drug-likeness (QED) is 0.0222. The van der Waals surface area contributed by atoms with Gasteiger partial charge in [0.25, 0.3) is 0 Å². The third-order valence-corrected chi connectivity index (χ3v) is 21.4. The van der Waals surface area contributed by atoms with Crippen LogP contribution in [0.4, 0.5) is 0 Å². The van der Waals surface area contributed by atoms with E-state index in [9.17, 15) is 43.2 Å². The Labute approximate surface area is 626 Å². The minimum atomic E-state index is -4.96. The summed E-state index contributed by atoms with van der Waals surface area (Å²) in [5, 5.41) is 10.7. The van der Waals surface area contributed by atoms with E-state index in [4.69, 9.17) is 37.0 Å². The minimum absolute atomic E-state index is 0.109. The first-order valence-corrected chi connectivity index (χ1v) is 46.1. The van der Waals surface area contributed by atoms with Crippen LogP contribution in [0.25, 0.3) is 0 Å². The Morgan fingerprint density at radius 1 is 0.265 bits per heavy atom. The third-order valence-electron chi connectivity index (χ3n) is 19.5. The van der Waals surface area contributed by atoms with Gasteiger partial charge in [0, 0.05) is 25.7 Å². The van der Waals surface area contributed by atoms with E-state index in [0.29, 0.717) is 25.7 Å². The molecule has 0 aliphatic carbocycles. The Morgan fingerprint density at radius 3 is 0.667 bits per heavy atom. The molecule has 2 unspecified atom stereocenters. The van der Waals surface area contributed by atoms with Gasteiger partial charge in [0.1, 0.15) is 19.3 Å². The lowest BCUT2D eigenvalue weighted by Gasteiger charge is -2.21. The molecule has 0 aromatic rings. The van der Waals surface area contributed by atoms with Crippen LogP contribution < -0.4 is 0 Å². The van der Waals surface area contributed by atoms with Crippen molar-refractivity contribution < 1.29 is 80.2 Å². The molecule has 0 saturated heterocycles. The molecule has 0 aromatic heterocycles. The smallest absolute Gasteiger partial charge is 0.462 e. The van der Waals surface area contributed by atoms with Crippen LogP contribution >= 0.6 is 15.6 Å². The number of aliphatic hydroxyl groups is 1. The number of hydrogen-bond donors (Lipinski definition) is 3. The number of carbonyl (C=O) groups excluding carboxylic acids is 4. The Bertz CT molecular complexity index is 1940. The average Bonchev–Trinajstić information content (AvgIpc) is 0.912. The lowest BCUT2D eigenvalue weighted by atomic mass is 10.0. The molecule has 17 nitrogen and oxygen atoms in total. The maximum absolute atomic E-state index is 13.1. The molecule has 0 aliphatic rings. The molecule has 606 valence electrons. The van der Waals surface area contributed by atoms with Crippen molar-refractivity contribution in [3.63, 3.8) is 0 Å². The van der Waals surface area contributed by atoms with E-state index >= 15 is 0 Å². The van der Waals surface area contributed by atoms with Crippen molar-refractivity contribution in [2.45, 2.75) is 464 Å². The van der Waals surface area contributed by atoms with Crippen molar-refractivity contribution in [3.8, 4) is 0 Å². The Morgan fingerprint density at radius 2 is 0.451 bits per heavy atom. The van der Waals surface area contributed by atoms with E-state index in [1.54, 1.807) is 0 Å². The second-order valence-electron chi connectivity index (χ2n) is 30.3. The summed E-state index contributed by atoms with van der Waals surface area (Å²) in [6, 6.07) is 0. The molecule has 0 heterocycles. The van der Waals surface area contributed by atoms with E-state index in [1.165, 1.54) is 270 Å². The zero-order chi connectivity index (χ0) is 74.8. The van der Waals surface area contributed by atoms with Crippen molar-refractivity contribution in [1.29, 1.82) is 0 Å². The van der Waals surface area contributed by atoms with E-state index < -0.39 is 97.5 Å². The van der Waals surface area contributed by atoms with Gasteiger partial charge in [0.05, 0.1) is 26.4 Å². The molecular formula is C83H162O17P2. The molecule has 0 radical (unpaired) electrons. The first kappa shape index (κ1) is 100. The van der Waals surface area contributed by atoms with Gasteiger partial charge in [0.15, 0.2) is 12.2 Å². The highest BCUT2D eigenvalue weighted by Crippen LogP contribution is 2.45. The summed E-state index contributed by atoms with van der Waals surface area (Å²) in [6.45, 7) is 7.36. The van der Waals surface area contributed by atoms with E-state index in [-0.39, 0.29) is 25.7 Å². The summed E-state index contributed by atoms with van der Waals surface area (Å²) in [4.78, 5) is 73.1. The van der Waals surface area contributed by atoms with E-state index in [2.05, 4.69) is 34.6 Å². The number of hydrogen-bond acceptors (Lipinski definition) is 15. The van der Waals surface area contributed by atoms with E-state index in [1.807, 2.05) is 0 Å². The van der Waals surface area contributed by atoms with Gasteiger partial charge in [0.2, 0.25) is 0 Å². The van der Waals surface area contributed by atoms with Gasteiger partial charge >= 0.3 is 39.5 Å². The second kappa shape index (κ2) is 75.9. The maximum atomic E-state index is 13.1. The van der Waals surface area contributed by atoms with Crippen molar-refractivity contribution >= 4 is 39.5 Å². The number of aliphatic hydroxyl groups excluding tert-OH is 1. The Hall–Kier alpha value is -1.94. The molecule has 0 spiro atoms. The minimum Gasteiger partial charge on any atom is -0.462 e. The number of phosphoric ester groups is 2. The molecule has 3 N–H and O–H groups in total. The first-order chi connectivity index (χ1) is 49.5. The molecule has 0 fully saturated rings. The van der Waals surface area contributed by atoms with Gasteiger partial charge in [-0.15, -0.1) is 0 Å². The monoisotopic (exact) mass is 1490 g/mol. The molecule has 102 heavy (non-hydrogen) atoms. The standard InChI is InChI=1S/C83H162O17P2/c1-6-9-12-15-18-21-24-27-29-30-31-32-33-34-35-37-44-49-54-59-64-69-83(88)100-79(73-94-81(86)67-62-57-52-47-42-39-38-40-45-50-55-60-65-76(4)5)75-98-102(91,92)96-71-77(84)70-95-101(89,90)97-74-78(72-93-80(85)66-61-56-51-46-41-26-23-20-17-14-11-8-3)99-82(87)68-63-58-53-48-43-36-28-25-22-19-16-13-10-7-2/h76-79,84H,6-75H2,1-5H3,(H,89,90)(H,91,92)/t77-,78+,79+/m0/s1. The largest absolute Gasteiger partial charge is 0.472 e.